The SMILES string of the molecule is CCCCCNc1ccc(C(=O)Nc2ccc(F)cc2F)cn1. The Kier molecular flexibility index (Phi) is 6.02. The van der Waals surface area contributed by atoms with Crippen LogP contribution in [0.1, 0.15) is 36.5 Å². The van der Waals surface area contributed by atoms with Crippen LogP contribution in [0.4, 0.5) is 20.3 Å². The normalized spacial score (nSPS) is 10.4. The van der Waals surface area contributed by atoms with Crippen LogP contribution in [0.15, 0.2) is 36.5 Å². The maximum atomic E-state index is 13.5. The van der Waals surface area contributed by atoms with Crippen LogP contribution in [0.25, 0.3) is 0 Å². The fraction of sp³-hybridized carbons (Fsp3) is 0.294. The molecule has 2 rings (SSSR count). The Morgan fingerprint density at radius 3 is 2.65 bits per heavy atom. The number of halogens is 2. The number of carbonyl (C=O) groups is 1. The summed E-state index contributed by atoms with van der Waals surface area (Å²) < 4.78 is 26.3. The summed E-state index contributed by atoms with van der Waals surface area (Å²) >= 11 is 0. The predicted octanol–water partition coefficient (Wildman–Crippen LogP) is 4.21. The van der Waals surface area contributed by atoms with Gasteiger partial charge in [-0.05, 0) is 30.7 Å². The van der Waals surface area contributed by atoms with E-state index in [0.29, 0.717) is 11.4 Å². The standard InChI is InChI=1S/C17H19F2N3O/c1-2-3-4-9-20-16-8-5-12(11-21-16)17(23)22-15-7-6-13(18)10-14(15)19/h5-8,10-11H,2-4,9H2,1H3,(H,20,21)(H,22,23). The van der Waals surface area contributed by atoms with Gasteiger partial charge in [0.25, 0.3) is 5.91 Å². The van der Waals surface area contributed by atoms with Gasteiger partial charge in [0.05, 0.1) is 11.3 Å². The summed E-state index contributed by atoms with van der Waals surface area (Å²) in [6.07, 6.45) is 4.77. The second kappa shape index (κ2) is 8.22. The number of hydrogen-bond donors (Lipinski definition) is 2. The largest absolute Gasteiger partial charge is 0.370 e. The molecule has 6 heteroatoms. The molecule has 1 heterocycles. The van der Waals surface area contributed by atoms with Crippen LogP contribution in [0.3, 0.4) is 0 Å². The molecule has 2 aromatic rings. The monoisotopic (exact) mass is 319 g/mol. The highest BCUT2D eigenvalue weighted by Crippen LogP contribution is 2.16. The second-order valence-corrected chi connectivity index (χ2v) is 5.14. The molecule has 1 aromatic carbocycles. The number of unbranched alkanes of at least 4 members (excludes halogenated alkanes) is 2. The molecule has 23 heavy (non-hydrogen) atoms. The Labute approximate surface area is 133 Å². The van der Waals surface area contributed by atoms with Gasteiger partial charge in [-0.15, -0.1) is 0 Å². The molecule has 0 aliphatic heterocycles. The third kappa shape index (κ3) is 5.02. The lowest BCUT2D eigenvalue weighted by Crippen LogP contribution is -2.13. The molecule has 1 aromatic heterocycles. The molecule has 0 atom stereocenters. The number of anilines is 2. The van der Waals surface area contributed by atoms with Crippen molar-refractivity contribution < 1.29 is 13.6 Å². The van der Waals surface area contributed by atoms with Gasteiger partial charge in [-0.25, -0.2) is 13.8 Å². The summed E-state index contributed by atoms with van der Waals surface area (Å²) in [7, 11) is 0. The zero-order valence-electron chi connectivity index (χ0n) is 12.9. The first kappa shape index (κ1) is 16.9. The molecule has 0 bridgehead atoms. The number of hydrogen-bond acceptors (Lipinski definition) is 3. The van der Waals surface area contributed by atoms with Crippen LogP contribution in [-0.4, -0.2) is 17.4 Å². The third-order valence-electron chi connectivity index (χ3n) is 3.29. The van der Waals surface area contributed by atoms with Crippen molar-refractivity contribution in [2.24, 2.45) is 0 Å². The smallest absolute Gasteiger partial charge is 0.257 e. The summed E-state index contributed by atoms with van der Waals surface area (Å²) in [5.41, 5.74) is 0.228. The molecule has 0 saturated heterocycles. The van der Waals surface area contributed by atoms with Gasteiger partial charge < -0.3 is 10.6 Å². The third-order valence-corrected chi connectivity index (χ3v) is 3.29. The number of pyridine rings is 1. The average Bonchev–Trinajstić information content (AvgIpc) is 2.55. The van der Waals surface area contributed by atoms with E-state index in [9.17, 15) is 13.6 Å². The minimum Gasteiger partial charge on any atom is -0.370 e. The first-order chi connectivity index (χ1) is 11.1. The lowest BCUT2D eigenvalue weighted by molar-refractivity contribution is 0.102. The van der Waals surface area contributed by atoms with Crippen LogP contribution >= 0.6 is 0 Å². The maximum Gasteiger partial charge on any atom is 0.257 e. The van der Waals surface area contributed by atoms with Gasteiger partial charge in [0, 0.05) is 18.8 Å². The molecular formula is C17H19F2N3O. The predicted molar refractivity (Wildman–Crippen MR) is 86.6 cm³/mol. The minimum atomic E-state index is -0.819. The Morgan fingerprint density at radius 2 is 2.00 bits per heavy atom. The van der Waals surface area contributed by atoms with Crippen molar-refractivity contribution in [3.63, 3.8) is 0 Å². The highest BCUT2D eigenvalue weighted by Gasteiger charge is 2.10. The van der Waals surface area contributed by atoms with Crippen LogP contribution in [0.2, 0.25) is 0 Å². The van der Waals surface area contributed by atoms with E-state index >= 15 is 0 Å². The molecule has 0 fully saturated rings. The molecule has 0 spiro atoms. The lowest BCUT2D eigenvalue weighted by Gasteiger charge is -2.08. The van der Waals surface area contributed by atoms with Crippen molar-refractivity contribution in [2.75, 3.05) is 17.2 Å². The Bertz CT molecular complexity index is 659. The van der Waals surface area contributed by atoms with Crippen LogP contribution in [-0.2, 0) is 0 Å². The number of aromatic nitrogens is 1. The van der Waals surface area contributed by atoms with E-state index in [1.165, 1.54) is 12.3 Å². The highest BCUT2D eigenvalue weighted by molar-refractivity contribution is 6.04. The summed E-state index contributed by atoms with van der Waals surface area (Å²) in [6.45, 7) is 2.96. The summed E-state index contributed by atoms with van der Waals surface area (Å²) in [4.78, 5) is 16.2. The number of carbonyl (C=O) groups excluding carboxylic acids is 1. The van der Waals surface area contributed by atoms with Gasteiger partial charge in [-0.2, -0.15) is 0 Å². The molecule has 0 aliphatic rings. The van der Waals surface area contributed by atoms with Gasteiger partial charge in [0.2, 0.25) is 0 Å². The van der Waals surface area contributed by atoms with Crippen LogP contribution < -0.4 is 10.6 Å². The number of nitrogens with zero attached hydrogens (tertiary/aromatic N) is 1. The molecule has 2 N–H and O–H groups in total. The average molecular weight is 319 g/mol. The Balaban J connectivity index is 1.94. The Hall–Kier alpha value is -2.50. The van der Waals surface area contributed by atoms with Gasteiger partial charge >= 0.3 is 0 Å². The van der Waals surface area contributed by atoms with Crippen LogP contribution in [0, 0.1) is 11.6 Å². The van der Waals surface area contributed by atoms with Crippen molar-refractivity contribution in [2.45, 2.75) is 26.2 Å². The van der Waals surface area contributed by atoms with Gasteiger partial charge in [0.1, 0.15) is 17.5 Å². The molecule has 4 nitrogen and oxygen atoms in total. The van der Waals surface area contributed by atoms with Crippen molar-refractivity contribution in [1.82, 2.24) is 4.98 Å². The summed E-state index contributed by atoms with van der Waals surface area (Å²) in [5.74, 6) is -1.33. The Morgan fingerprint density at radius 1 is 1.17 bits per heavy atom. The van der Waals surface area contributed by atoms with Crippen molar-refractivity contribution in [1.29, 1.82) is 0 Å². The number of benzene rings is 1. The number of amides is 1. The van der Waals surface area contributed by atoms with Crippen molar-refractivity contribution in [3.05, 3.63) is 53.7 Å². The number of nitrogens with one attached hydrogen (secondary N) is 2. The molecule has 1 amide bonds. The first-order valence-corrected chi connectivity index (χ1v) is 7.56. The quantitative estimate of drug-likeness (QED) is 0.752. The molecule has 0 unspecified atom stereocenters. The highest BCUT2D eigenvalue weighted by atomic mass is 19.1. The van der Waals surface area contributed by atoms with E-state index in [0.717, 1.165) is 37.9 Å². The summed E-state index contributed by atoms with van der Waals surface area (Å²) in [6, 6.07) is 6.28. The van der Waals surface area contributed by atoms with E-state index in [1.54, 1.807) is 12.1 Å². The van der Waals surface area contributed by atoms with Crippen molar-refractivity contribution in [3.8, 4) is 0 Å². The van der Waals surface area contributed by atoms with E-state index in [2.05, 4.69) is 22.5 Å². The van der Waals surface area contributed by atoms with E-state index in [4.69, 9.17) is 0 Å². The number of rotatable bonds is 7. The van der Waals surface area contributed by atoms with E-state index in [-0.39, 0.29) is 5.69 Å². The fourth-order valence-electron chi connectivity index (χ4n) is 2.01. The molecule has 0 saturated carbocycles. The van der Waals surface area contributed by atoms with Gasteiger partial charge in [0.15, 0.2) is 0 Å². The summed E-state index contributed by atoms with van der Waals surface area (Å²) in [5, 5.41) is 5.56. The topological polar surface area (TPSA) is 54.0 Å². The molecule has 122 valence electrons. The molecule has 0 radical (unpaired) electrons. The molecular weight excluding hydrogens is 300 g/mol. The minimum absolute atomic E-state index is 0.0711. The lowest BCUT2D eigenvalue weighted by atomic mass is 10.2. The maximum absolute atomic E-state index is 13.5. The van der Waals surface area contributed by atoms with Gasteiger partial charge in [-0.3, -0.25) is 4.79 Å². The zero-order valence-corrected chi connectivity index (χ0v) is 12.9. The van der Waals surface area contributed by atoms with Crippen molar-refractivity contribution >= 4 is 17.4 Å². The van der Waals surface area contributed by atoms with Gasteiger partial charge in [-0.1, -0.05) is 19.8 Å². The fourth-order valence-corrected chi connectivity index (χ4v) is 2.01. The van der Waals surface area contributed by atoms with E-state index < -0.39 is 17.5 Å². The van der Waals surface area contributed by atoms with Crippen LogP contribution in [0.5, 0.6) is 0 Å². The molecule has 0 aliphatic carbocycles. The van der Waals surface area contributed by atoms with E-state index in [1.807, 2.05) is 0 Å². The zero-order chi connectivity index (χ0) is 16.7. The second-order valence-electron chi connectivity index (χ2n) is 5.14. The first-order valence-electron chi connectivity index (χ1n) is 7.56.